The number of benzene rings is 1. The highest BCUT2D eigenvalue weighted by molar-refractivity contribution is 14.0. The molecule has 20 heavy (non-hydrogen) atoms. The largest absolute Gasteiger partial charge is 0.370 e. The number of sulfone groups is 1. The topological polar surface area (TPSA) is 98.5 Å². The quantitative estimate of drug-likeness (QED) is 0.447. The zero-order chi connectivity index (χ0) is 14.7. The number of aliphatic imine (C=N–C) groups is 1. The van der Waals surface area contributed by atoms with Gasteiger partial charge in [-0.25, -0.2) is 8.42 Å². The van der Waals surface area contributed by atoms with Crippen molar-refractivity contribution in [2.24, 2.45) is 16.5 Å². The maximum absolute atomic E-state index is 12.0. The van der Waals surface area contributed by atoms with Gasteiger partial charge in [0, 0.05) is 0 Å². The van der Waals surface area contributed by atoms with E-state index in [2.05, 4.69) is 25.8 Å². The average molecular weight is 411 g/mol. The standard InChI is InChI=1S/C13H21N3O2S.HI/c1-13(2,3)10-4-6-11(7-5-10)19(17,18)9-8-16-12(14)15;/h4-7H,8-9H2,1-3H3,(H4,14,15,16);1H. The molecule has 0 radical (unpaired) electrons. The number of halogens is 1. The molecule has 0 aliphatic carbocycles. The molecule has 1 aromatic carbocycles. The van der Waals surface area contributed by atoms with Crippen molar-refractivity contribution in [2.45, 2.75) is 31.1 Å². The lowest BCUT2D eigenvalue weighted by Crippen LogP contribution is -2.24. The Kier molecular flexibility index (Phi) is 6.96. The normalized spacial score (nSPS) is 11.6. The summed E-state index contributed by atoms with van der Waals surface area (Å²) < 4.78 is 24.0. The third-order valence-electron chi connectivity index (χ3n) is 2.73. The van der Waals surface area contributed by atoms with Gasteiger partial charge in [0.05, 0.1) is 17.2 Å². The fraction of sp³-hybridized carbons (Fsp3) is 0.462. The average Bonchev–Trinajstić information content (AvgIpc) is 2.27. The highest BCUT2D eigenvalue weighted by atomic mass is 127. The molecule has 0 aliphatic heterocycles. The van der Waals surface area contributed by atoms with E-state index in [0.29, 0.717) is 4.90 Å². The predicted octanol–water partition coefficient (Wildman–Crippen LogP) is 1.65. The summed E-state index contributed by atoms with van der Waals surface area (Å²) in [6, 6.07) is 6.94. The summed E-state index contributed by atoms with van der Waals surface area (Å²) in [5, 5.41) is 0. The second-order valence-corrected chi connectivity index (χ2v) is 7.51. The van der Waals surface area contributed by atoms with Gasteiger partial charge in [-0.2, -0.15) is 0 Å². The molecule has 0 bridgehead atoms. The van der Waals surface area contributed by atoms with E-state index in [1.807, 2.05) is 12.1 Å². The Morgan fingerprint density at radius 2 is 1.65 bits per heavy atom. The molecule has 0 unspecified atom stereocenters. The minimum absolute atomic E-state index is 0. The van der Waals surface area contributed by atoms with Gasteiger partial charge in [-0.3, -0.25) is 4.99 Å². The fourth-order valence-corrected chi connectivity index (χ4v) is 2.69. The van der Waals surface area contributed by atoms with E-state index in [-0.39, 0.29) is 47.6 Å². The molecule has 7 heteroatoms. The van der Waals surface area contributed by atoms with Crippen LogP contribution in [-0.2, 0) is 15.3 Å². The first kappa shape index (κ1) is 19.2. The van der Waals surface area contributed by atoms with Gasteiger partial charge in [-0.05, 0) is 23.1 Å². The van der Waals surface area contributed by atoms with Gasteiger partial charge in [0.25, 0.3) is 0 Å². The Hall–Kier alpha value is -0.830. The number of nitrogens with zero attached hydrogens (tertiary/aromatic N) is 1. The Morgan fingerprint density at radius 1 is 1.15 bits per heavy atom. The fourth-order valence-electron chi connectivity index (χ4n) is 1.58. The van der Waals surface area contributed by atoms with Crippen LogP contribution in [0.5, 0.6) is 0 Å². The van der Waals surface area contributed by atoms with Crippen molar-refractivity contribution in [3.05, 3.63) is 29.8 Å². The molecule has 0 aromatic heterocycles. The molecule has 1 rings (SSSR count). The number of rotatable bonds is 4. The van der Waals surface area contributed by atoms with Crippen molar-refractivity contribution in [3.63, 3.8) is 0 Å². The molecule has 0 heterocycles. The second-order valence-electron chi connectivity index (χ2n) is 5.40. The van der Waals surface area contributed by atoms with Gasteiger partial charge in [0.1, 0.15) is 0 Å². The molecule has 1 aromatic rings. The first-order chi connectivity index (χ1) is 8.63. The highest BCUT2D eigenvalue weighted by Crippen LogP contribution is 2.23. The maximum Gasteiger partial charge on any atom is 0.185 e. The predicted molar refractivity (Wildman–Crippen MR) is 93.3 cm³/mol. The summed E-state index contributed by atoms with van der Waals surface area (Å²) in [5.74, 6) is -0.196. The third kappa shape index (κ3) is 5.66. The second kappa shape index (κ2) is 7.26. The Bertz CT molecular complexity index is 556. The lowest BCUT2D eigenvalue weighted by molar-refractivity contribution is 0.586. The SMILES string of the molecule is CC(C)(C)c1ccc(S(=O)(=O)CCN=C(N)N)cc1.I. The molecule has 5 nitrogen and oxygen atoms in total. The van der Waals surface area contributed by atoms with E-state index in [1.54, 1.807) is 12.1 Å². The van der Waals surface area contributed by atoms with Crippen LogP contribution in [0.4, 0.5) is 0 Å². The van der Waals surface area contributed by atoms with E-state index in [4.69, 9.17) is 11.5 Å². The number of hydrogen-bond donors (Lipinski definition) is 2. The van der Waals surface area contributed by atoms with Crippen LogP contribution in [0.1, 0.15) is 26.3 Å². The van der Waals surface area contributed by atoms with Crippen LogP contribution in [0.3, 0.4) is 0 Å². The van der Waals surface area contributed by atoms with Crippen LogP contribution in [0.2, 0.25) is 0 Å². The third-order valence-corrected chi connectivity index (χ3v) is 4.44. The van der Waals surface area contributed by atoms with Crippen molar-refractivity contribution in [1.29, 1.82) is 0 Å². The zero-order valence-corrected chi connectivity index (χ0v) is 15.1. The molecule has 0 aliphatic rings. The van der Waals surface area contributed by atoms with Crippen LogP contribution in [0, 0.1) is 0 Å². The molecule has 0 saturated carbocycles. The zero-order valence-electron chi connectivity index (χ0n) is 12.0. The summed E-state index contributed by atoms with van der Waals surface area (Å²) >= 11 is 0. The molecular weight excluding hydrogens is 389 g/mol. The highest BCUT2D eigenvalue weighted by Gasteiger charge is 2.17. The minimum atomic E-state index is -3.34. The van der Waals surface area contributed by atoms with Gasteiger partial charge in [-0.1, -0.05) is 32.9 Å². The van der Waals surface area contributed by atoms with Crippen LogP contribution in [0.15, 0.2) is 34.2 Å². The number of nitrogens with two attached hydrogens (primary N) is 2. The molecule has 0 atom stereocenters. The monoisotopic (exact) mass is 411 g/mol. The van der Waals surface area contributed by atoms with Gasteiger partial charge in [0.2, 0.25) is 0 Å². The Balaban J connectivity index is 0.00000361. The summed E-state index contributed by atoms with van der Waals surface area (Å²) in [6.45, 7) is 6.31. The number of guanidine groups is 1. The molecule has 0 amide bonds. The Labute approximate surface area is 137 Å². The van der Waals surface area contributed by atoms with Crippen LogP contribution < -0.4 is 11.5 Å². The minimum Gasteiger partial charge on any atom is -0.370 e. The van der Waals surface area contributed by atoms with Gasteiger partial charge in [0.15, 0.2) is 15.8 Å². The summed E-state index contributed by atoms with van der Waals surface area (Å²) in [7, 11) is -3.34. The molecule has 4 N–H and O–H groups in total. The molecule has 0 fully saturated rings. The first-order valence-corrected chi connectivity index (χ1v) is 7.67. The molecule has 0 saturated heterocycles. The smallest absolute Gasteiger partial charge is 0.185 e. The lowest BCUT2D eigenvalue weighted by Gasteiger charge is -2.19. The maximum atomic E-state index is 12.0. The van der Waals surface area contributed by atoms with E-state index >= 15 is 0 Å². The van der Waals surface area contributed by atoms with Crippen molar-refractivity contribution in [2.75, 3.05) is 12.3 Å². The van der Waals surface area contributed by atoms with E-state index in [0.717, 1.165) is 5.56 Å². The van der Waals surface area contributed by atoms with Gasteiger partial charge >= 0.3 is 0 Å². The lowest BCUT2D eigenvalue weighted by atomic mass is 9.87. The van der Waals surface area contributed by atoms with E-state index in [1.165, 1.54) is 0 Å². The van der Waals surface area contributed by atoms with Gasteiger partial charge in [-0.15, -0.1) is 24.0 Å². The summed E-state index contributed by atoms with van der Waals surface area (Å²) in [4.78, 5) is 3.98. The van der Waals surface area contributed by atoms with Crippen molar-refractivity contribution in [3.8, 4) is 0 Å². The van der Waals surface area contributed by atoms with E-state index in [9.17, 15) is 8.42 Å². The van der Waals surface area contributed by atoms with Gasteiger partial charge < -0.3 is 11.5 Å². The van der Waals surface area contributed by atoms with Crippen LogP contribution in [0.25, 0.3) is 0 Å². The Morgan fingerprint density at radius 3 is 2.05 bits per heavy atom. The number of hydrogen-bond acceptors (Lipinski definition) is 3. The first-order valence-electron chi connectivity index (χ1n) is 6.01. The van der Waals surface area contributed by atoms with Crippen LogP contribution >= 0.6 is 24.0 Å². The van der Waals surface area contributed by atoms with Crippen LogP contribution in [-0.4, -0.2) is 26.7 Å². The molecule has 114 valence electrons. The molecule has 0 spiro atoms. The van der Waals surface area contributed by atoms with Crippen molar-refractivity contribution in [1.82, 2.24) is 0 Å². The molecular formula is C13H22IN3O2S. The summed E-state index contributed by atoms with van der Waals surface area (Å²) in [5.41, 5.74) is 11.4. The van der Waals surface area contributed by atoms with Crippen molar-refractivity contribution < 1.29 is 8.42 Å². The van der Waals surface area contributed by atoms with Crippen molar-refractivity contribution >= 4 is 39.8 Å². The van der Waals surface area contributed by atoms with E-state index < -0.39 is 9.84 Å². The summed E-state index contributed by atoms with van der Waals surface area (Å²) in [6.07, 6.45) is 0.